The zero-order valence-corrected chi connectivity index (χ0v) is 29.8. The second kappa shape index (κ2) is 12.6. The van der Waals surface area contributed by atoms with Crippen molar-refractivity contribution in [2.45, 2.75) is 0 Å². The van der Waals surface area contributed by atoms with Crippen LogP contribution in [-0.2, 0) is 0 Å². The molecule has 0 amide bonds. The minimum Gasteiger partial charge on any atom is -0.0623 e. The van der Waals surface area contributed by atoms with Gasteiger partial charge in [-0.25, -0.2) is 0 Å². The number of fused-ring (bicyclic) bond motifs is 6. The molecule has 2 aliphatic heterocycles. The van der Waals surface area contributed by atoms with Crippen LogP contribution in [-0.4, -0.2) is 16.1 Å². The molecule has 2 heterocycles. The quantitative estimate of drug-likeness (QED) is 0.199. The van der Waals surface area contributed by atoms with Gasteiger partial charge in [0.2, 0.25) is 0 Å². The first kappa shape index (κ1) is 30.3. The summed E-state index contributed by atoms with van der Waals surface area (Å²) in [4.78, 5) is 0. The summed E-state index contributed by atoms with van der Waals surface area (Å²) in [7, 11) is -4.45. The van der Waals surface area contributed by atoms with E-state index in [0.29, 0.717) is 0 Å². The topological polar surface area (TPSA) is 0 Å². The first-order chi connectivity index (χ1) is 24.8. The Hall–Kier alpha value is -5.81. The maximum Gasteiger partial charge on any atom is 0.180 e. The maximum absolute atomic E-state index is 2.35. The monoisotopic (exact) mass is 668 g/mol. The normalized spacial score (nSPS) is 13.9. The summed E-state index contributed by atoms with van der Waals surface area (Å²) in [5.41, 5.74) is 5.60. The Morgan fingerprint density at radius 3 is 0.580 bits per heavy atom. The molecule has 0 saturated heterocycles. The molecule has 0 atom stereocenters. The minimum atomic E-state index is -2.23. The molecule has 50 heavy (non-hydrogen) atoms. The smallest absolute Gasteiger partial charge is 0.0623 e. The van der Waals surface area contributed by atoms with Crippen LogP contribution in [0, 0.1) is 0 Å². The van der Waals surface area contributed by atoms with E-state index in [0.717, 1.165) is 0 Å². The molecule has 236 valence electrons. The van der Waals surface area contributed by atoms with Gasteiger partial charge in [-0.15, -0.1) is 0 Å². The molecular weight excluding hydrogens is 633 g/mol. The van der Waals surface area contributed by atoms with Crippen molar-refractivity contribution in [1.29, 1.82) is 0 Å². The Balaban J connectivity index is 0.000000135. The van der Waals surface area contributed by atoms with Gasteiger partial charge >= 0.3 is 0 Å². The van der Waals surface area contributed by atoms with Crippen LogP contribution in [0.1, 0.15) is 0 Å². The summed E-state index contributed by atoms with van der Waals surface area (Å²) in [6, 6.07) is 80.4. The zero-order valence-electron chi connectivity index (χ0n) is 27.8. The van der Waals surface area contributed by atoms with Crippen LogP contribution in [0.25, 0.3) is 22.3 Å². The molecule has 0 N–H and O–H groups in total. The summed E-state index contributed by atoms with van der Waals surface area (Å²) in [6.07, 6.45) is 0. The first-order valence-electron chi connectivity index (χ1n) is 17.5. The van der Waals surface area contributed by atoms with Gasteiger partial charge in [-0.2, -0.15) is 0 Å². The van der Waals surface area contributed by atoms with Crippen LogP contribution in [0.4, 0.5) is 0 Å². The molecular formula is C48H36Si2. The third kappa shape index (κ3) is 4.50. The zero-order chi connectivity index (χ0) is 33.4. The van der Waals surface area contributed by atoms with E-state index < -0.39 is 16.1 Å². The van der Waals surface area contributed by atoms with Crippen molar-refractivity contribution < 1.29 is 0 Å². The Kier molecular flexibility index (Phi) is 7.61. The second-order valence-electron chi connectivity index (χ2n) is 13.1. The third-order valence-electron chi connectivity index (χ3n) is 10.7. The Morgan fingerprint density at radius 2 is 0.360 bits per heavy atom. The highest BCUT2D eigenvalue weighted by molar-refractivity contribution is 7.22. The van der Waals surface area contributed by atoms with Crippen LogP contribution >= 0.6 is 0 Å². The van der Waals surface area contributed by atoms with E-state index in [9.17, 15) is 0 Å². The standard InChI is InChI=1S/2C24H18Si/c2*1-3-11-19(12-4-1)25(20-13-5-2-6-14-20)23-17-9-7-15-21(23)22-16-8-10-18-24(22)25/h2*1-18H. The molecule has 0 spiro atoms. The molecule has 10 rings (SSSR count). The first-order valence-corrected chi connectivity index (χ1v) is 21.5. The van der Waals surface area contributed by atoms with Crippen molar-refractivity contribution in [2.75, 3.05) is 0 Å². The van der Waals surface area contributed by atoms with Crippen molar-refractivity contribution in [2.24, 2.45) is 0 Å². The largest absolute Gasteiger partial charge is 0.180 e. The Bertz CT molecular complexity index is 2070. The number of rotatable bonds is 4. The van der Waals surface area contributed by atoms with Crippen LogP contribution in [0.2, 0.25) is 0 Å². The predicted molar refractivity (Wildman–Crippen MR) is 218 cm³/mol. The summed E-state index contributed by atoms with van der Waals surface area (Å²) in [6.45, 7) is 0. The lowest BCUT2D eigenvalue weighted by atomic mass is 10.1. The molecule has 2 aliphatic rings. The molecule has 0 saturated carbocycles. The van der Waals surface area contributed by atoms with Crippen molar-refractivity contribution in [3.8, 4) is 22.3 Å². The highest BCUT2D eigenvalue weighted by Crippen LogP contribution is 2.29. The molecule has 0 aromatic heterocycles. The molecule has 8 aromatic rings. The van der Waals surface area contributed by atoms with Crippen LogP contribution in [0.3, 0.4) is 0 Å². The van der Waals surface area contributed by atoms with Gasteiger partial charge in [0, 0.05) is 0 Å². The number of hydrogen-bond donors (Lipinski definition) is 0. The molecule has 0 unspecified atom stereocenters. The summed E-state index contributed by atoms with van der Waals surface area (Å²) in [5.74, 6) is 0. The van der Waals surface area contributed by atoms with E-state index in [2.05, 4.69) is 218 Å². The molecule has 0 aliphatic carbocycles. The van der Waals surface area contributed by atoms with Crippen molar-refractivity contribution >= 4 is 57.6 Å². The van der Waals surface area contributed by atoms with Gasteiger partial charge in [0.1, 0.15) is 0 Å². The minimum absolute atomic E-state index is 1.40. The molecule has 0 fully saturated rings. The Morgan fingerprint density at radius 1 is 0.180 bits per heavy atom. The van der Waals surface area contributed by atoms with Gasteiger partial charge in [0.25, 0.3) is 0 Å². The number of hydrogen-bond acceptors (Lipinski definition) is 0. The molecule has 8 aromatic carbocycles. The van der Waals surface area contributed by atoms with Gasteiger partial charge in [0.15, 0.2) is 16.1 Å². The lowest BCUT2D eigenvalue weighted by Gasteiger charge is -2.31. The van der Waals surface area contributed by atoms with E-state index in [1.165, 1.54) is 63.7 Å². The van der Waals surface area contributed by atoms with Gasteiger partial charge in [-0.05, 0) is 63.7 Å². The Labute approximate surface area is 297 Å². The van der Waals surface area contributed by atoms with E-state index in [-0.39, 0.29) is 0 Å². The van der Waals surface area contributed by atoms with Gasteiger partial charge in [-0.1, -0.05) is 218 Å². The van der Waals surface area contributed by atoms with Crippen molar-refractivity contribution in [1.82, 2.24) is 0 Å². The predicted octanol–water partition coefficient (Wildman–Crippen LogP) is 6.09. The van der Waals surface area contributed by atoms with Gasteiger partial charge in [0.05, 0.1) is 0 Å². The average Bonchev–Trinajstić information content (AvgIpc) is 3.69. The van der Waals surface area contributed by atoms with Crippen molar-refractivity contribution in [3.05, 3.63) is 218 Å². The van der Waals surface area contributed by atoms with Gasteiger partial charge < -0.3 is 0 Å². The SMILES string of the molecule is c1ccc([Si]2(c3ccccc3)c3ccccc3-c3ccccc32)cc1.c1ccc([Si]2(c3ccccc3)c3ccccc3-c3ccccc32)cc1. The molecule has 0 nitrogen and oxygen atoms in total. The van der Waals surface area contributed by atoms with E-state index in [1.807, 2.05) is 0 Å². The lowest BCUT2D eigenvalue weighted by molar-refractivity contribution is 1.70. The fraction of sp³-hybridized carbons (Fsp3) is 0. The van der Waals surface area contributed by atoms with Crippen molar-refractivity contribution in [3.63, 3.8) is 0 Å². The number of benzene rings is 8. The lowest BCUT2D eigenvalue weighted by Crippen LogP contribution is -2.72. The summed E-state index contributed by atoms with van der Waals surface area (Å²) in [5, 5.41) is 11.9. The third-order valence-corrected chi connectivity index (χ3v) is 20.5. The van der Waals surface area contributed by atoms with Crippen LogP contribution < -0.4 is 41.5 Å². The highest BCUT2D eigenvalue weighted by Gasteiger charge is 2.49. The summed E-state index contributed by atoms with van der Waals surface area (Å²) < 4.78 is 0. The molecule has 0 radical (unpaired) electrons. The second-order valence-corrected chi connectivity index (χ2v) is 20.6. The molecule has 0 bridgehead atoms. The van der Waals surface area contributed by atoms with Crippen LogP contribution in [0.15, 0.2) is 218 Å². The fourth-order valence-corrected chi connectivity index (χ4v) is 19.2. The average molecular weight is 669 g/mol. The fourth-order valence-electron chi connectivity index (χ4n) is 8.80. The molecule has 2 heteroatoms. The highest BCUT2D eigenvalue weighted by atomic mass is 28.3. The van der Waals surface area contributed by atoms with E-state index in [4.69, 9.17) is 0 Å². The van der Waals surface area contributed by atoms with E-state index >= 15 is 0 Å². The van der Waals surface area contributed by atoms with E-state index in [1.54, 1.807) is 0 Å². The van der Waals surface area contributed by atoms with Crippen LogP contribution in [0.5, 0.6) is 0 Å². The van der Waals surface area contributed by atoms with Gasteiger partial charge in [-0.3, -0.25) is 0 Å². The summed E-state index contributed by atoms with van der Waals surface area (Å²) >= 11 is 0. The maximum atomic E-state index is 2.35.